The maximum absolute atomic E-state index is 10.9. The van der Waals surface area contributed by atoms with Crippen LogP contribution in [0.4, 0.5) is 4.79 Å². The molecule has 2 heterocycles. The predicted molar refractivity (Wildman–Crippen MR) is 68.3 cm³/mol. The molecular formula is C12H15ClN2O4. The summed E-state index contributed by atoms with van der Waals surface area (Å²) in [5.41, 5.74) is 1.28. The van der Waals surface area contributed by atoms with Gasteiger partial charge in [0, 0.05) is 18.3 Å². The van der Waals surface area contributed by atoms with Gasteiger partial charge in [0.05, 0.1) is 13.2 Å². The van der Waals surface area contributed by atoms with Crippen molar-refractivity contribution in [3.05, 3.63) is 28.5 Å². The number of aromatic nitrogens is 1. The summed E-state index contributed by atoms with van der Waals surface area (Å²) in [4.78, 5) is 16.1. The predicted octanol–water partition coefficient (Wildman–Crippen LogP) is 1.46. The molecule has 0 aromatic carbocycles. The molecule has 1 aliphatic rings. The molecular weight excluding hydrogens is 272 g/mol. The zero-order valence-electron chi connectivity index (χ0n) is 10.4. The van der Waals surface area contributed by atoms with Crippen molar-refractivity contribution in [2.75, 3.05) is 19.7 Å². The second kappa shape index (κ2) is 5.73. The molecule has 2 rings (SSSR count). The second-order valence-electron chi connectivity index (χ2n) is 4.42. The topological polar surface area (TPSA) is 82.9 Å². The van der Waals surface area contributed by atoms with Crippen LogP contribution in [0.25, 0.3) is 0 Å². The van der Waals surface area contributed by atoms with E-state index >= 15 is 0 Å². The molecule has 2 N–H and O–H groups in total. The summed E-state index contributed by atoms with van der Waals surface area (Å²) in [6, 6.07) is 1.74. The highest BCUT2D eigenvalue weighted by molar-refractivity contribution is 6.30. The lowest BCUT2D eigenvalue weighted by atomic mass is 10.0. The number of aliphatic hydroxyl groups excluding tert-OH is 1. The van der Waals surface area contributed by atoms with Crippen molar-refractivity contribution in [2.45, 2.75) is 19.1 Å². The van der Waals surface area contributed by atoms with Crippen molar-refractivity contribution < 1.29 is 19.7 Å². The summed E-state index contributed by atoms with van der Waals surface area (Å²) >= 11 is 5.99. The summed E-state index contributed by atoms with van der Waals surface area (Å²) in [5, 5.41) is 19.5. The van der Waals surface area contributed by atoms with E-state index in [4.69, 9.17) is 21.4 Å². The molecule has 7 heteroatoms. The third-order valence-electron chi connectivity index (χ3n) is 3.17. The first kappa shape index (κ1) is 14.0. The van der Waals surface area contributed by atoms with Gasteiger partial charge >= 0.3 is 6.09 Å². The minimum absolute atomic E-state index is 0.112. The lowest BCUT2D eigenvalue weighted by Crippen LogP contribution is -2.47. The van der Waals surface area contributed by atoms with Crippen molar-refractivity contribution >= 4 is 17.7 Å². The first-order chi connectivity index (χ1) is 9.00. The Hall–Kier alpha value is -1.37. The minimum Gasteiger partial charge on any atom is -0.465 e. The number of ether oxygens (including phenoxy) is 1. The first-order valence-corrected chi connectivity index (χ1v) is 6.27. The minimum atomic E-state index is -1.02. The van der Waals surface area contributed by atoms with E-state index in [0.717, 1.165) is 5.56 Å². The molecule has 0 saturated carbocycles. The standard InChI is InChI=1S/C12H15ClN2O4/c1-7-2-3-14-11(13)9(7)10(16)8-6-15(12(17)18)4-5-19-8/h2-3,8,10,16H,4-6H2,1H3,(H,17,18)/t8-,10?/m0/s1. The fourth-order valence-corrected chi connectivity index (χ4v) is 2.44. The summed E-state index contributed by atoms with van der Waals surface area (Å²) in [6.45, 7) is 2.48. The fraction of sp³-hybridized carbons (Fsp3) is 0.500. The number of carbonyl (C=O) groups is 1. The number of pyridine rings is 1. The van der Waals surface area contributed by atoms with Gasteiger partial charge in [-0.2, -0.15) is 0 Å². The van der Waals surface area contributed by atoms with Crippen LogP contribution in [0.15, 0.2) is 12.3 Å². The van der Waals surface area contributed by atoms with Crippen molar-refractivity contribution in [3.8, 4) is 0 Å². The van der Waals surface area contributed by atoms with Crippen LogP contribution in [0.1, 0.15) is 17.2 Å². The number of carboxylic acid groups (broad SMARTS) is 1. The lowest BCUT2D eigenvalue weighted by molar-refractivity contribution is -0.0837. The van der Waals surface area contributed by atoms with Gasteiger partial charge < -0.3 is 19.8 Å². The Kier molecular flexibility index (Phi) is 4.24. The number of halogens is 1. The number of aryl methyl sites for hydroxylation is 1. The second-order valence-corrected chi connectivity index (χ2v) is 4.77. The molecule has 0 radical (unpaired) electrons. The van der Waals surface area contributed by atoms with Crippen LogP contribution in [0, 0.1) is 6.92 Å². The smallest absolute Gasteiger partial charge is 0.407 e. The normalized spacial score (nSPS) is 21.2. The average Bonchev–Trinajstić information content (AvgIpc) is 2.38. The largest absolute Gasteiger partial charge is 0.465 e. The summed E-state index contributed by atoms with van der Waals surface area (Å²) in [5.74, 6) is 0. The Morgan fingerprint density at radius 3 is 3.05 bits per heavy atom. The molecule has 1 aromatic heterocycles. The van der Waals surface area contributed by atoms with E-state index in [1.807, 2.05) is 6.92 Å². The number of amides is 1. The van der Waals surface area contributed by atoms with Gasteiger partial charge in [-0.15, -0.1) is 0 Å². The molecule has 1 aliphatic heterocycles. The molecule has 6 nitrogen and oxygen atoms in total. The van der Waals surface area contributed by atoms with Gasteiger partial charge in [0.25, 0.3) is 0 Å². The number of morpholine rings is 1. The third kappa shape index (κ3) is 2.97. The highest BCUT2D eigenvalue weighted by Crippen LogP contribution is 2.29. The van der Waals surface area contributed by atoms with Crippen LogP contribution in [0.2, 0.25) is 5.15 Å². The zero-order chi connectivity index (χ0) is 14.0. The van der Waals surface area contributed by atoms with Crippen LogP contribution in [0.3, 0.4) is 0 Å². The molecule has 1 saturated heterocycles. The van der Waals surface area contributed by atoms with Crippen LogP contribution < -0.4 is 0 Å². The molecule has 0 spiro atoms. The number of hydrogen-bond donors (Lipinski definition) is 2. The van der Waals surface area contributed by atoms with Crippen molar-refractivity contribution in [3.63, 3.8) is 0 Å². The van der Waals surface area contributed by atoms with Crippen molar-refractivity contribution in [1.82, 2.24) is 9.88 Å². The van der Waals surface area contributed by atoms with Crippen LogP contribution in [-0.4, -0.2) is 52.0 Å². The lowest BCUT2D eigenvalue weighted by Gasteiger charge is -2.34. The molecule has 1 amide bonds. The van der Waals surface area contributed by atoms with Gasteiger partial charge in [0.1, 0.15) is 17.4 Å². The summed E-state index contributed by atoms with van der Waals surface area (Å²) in [6.07, 6.45) is -1.10. The number of hydrogen-bond acceptors (Lipinski definition) is 4. The molecule has 1 fully saturated rings. The molecule has 2 atom stereocenters. The van der Waals surface area contributed by atoms with Crippen LogP contribution in [-0.2, 0) is 4.74 Å². The third-order valence-corrected chi connectivity index (χ3v) is 3.47. The van der Waals surface area contributed by atoms with Crippen molar-refractivity contribution in [1.29, 1.82) is 0 Å². The monoisotopic (exact) mass is 286 g/mol. The number of aliphatic hydroxyl groups is 1. The van der Waals surface area contributed by atoms with Gasteiger partial charge in [0.2, 0.25) is 0 Å². The van der Waals surface area contributed by atoms with Gasteiger partial charge in [-0.05, 0) is 18.6 Å². The van der Waals surface area contributed by atoms with E-state index in [-0.39, 0.29) is 18.3 Å². The van der Waals surface area contributed by atoms with E-state index in [9.17, 15) is 9.90 Å². The zero-order valence-corrected chi connectivity index (χ0v) is 11.2. The van der Waals surface area contributed by atoms with Crippen LogP contribution in [0.5, 0.6) is 0 Å². The van der Waals surface area contributed by atoms with Gasteiger partial charge in [0.15, 0.2) is 0 Å². The Balaban J connectivity index is 2.19. The first-order valence-electron chi connectivity index (χ1n) is 5.89. The quantitative estimate of drug-likeness (QED) is 0.804. The number of nitrogens with zero attached hydrogens (tertiary/aromatic N) is 2. The molecule has 0 aliphatic carbocycles. The van der Waals surface area contributed by atoms with E-state index in [2.05, 4.69) is 4.98 Å². The SMILES string of the molecule is Cc1ccnc(Cl)c1C(O)[C@@H]1CN(C(=O)O)CCO1. The highest BCUT2D eigenvalue weighted by atomic mass is 35.5. The Morgan fingerprint density at radius 2 is 2.42 bits per heavy atom. The maximum atomic E-state index is 10.9. The van der Waals surface area contributed by atoms with Gasteiger partial charge in [-0.25, -0.2) is 9.78 Å². The van der Waals surface area contributed by atoms with Gasteiger partial charge in [-0.1, -0.05) is 11.6 Å². The van der Waals surface area contributed by atoms with E-state index in [1.54, 1.807) is 12.3 Å². The van der Waals surface area contributed by atoms with Crippen LogP contribution >= 0.6 is 11.6 Å². The fourth-order valence-electron chi connectivity index (χ4n) is 2.12. The Bertz CT molecular complexity index is 463. The molecule has 1 aromatic rings. The van der Waals surface area contributed by atoms with Crippen molar-refractivity contribution in [2.24, 2.45) is 0 Å². The molecule has 104 valence electrons. The van der Waals surface area contributed by atoms with E-state index < -0.39 is 18.3 Å². The van der Waals surface area contributed by atoms with E-state index in [0.29, 0.717) is 12.1 Å². The average molecular weight is 287 g/mol. The molecule has 1 unspecified atom stereocenters. The maximum Gasteiger partial charge on any atom is 0.407 e. The molecule has 19 heavy (non-hydrogen) atoms. The Morgan fingerprint density at radius 1 is 1.68 bits per heavy atom. The summed E-state index contributed by atoms with van der Waals surface area (Å²) < 4.78 is 5.44. The summed E-state index contributed by atoms with van der Waals surface area (Å²) in [7, 11) is 0. The Labute approximate surface area is 115 Å². The van der Waals surface area contributed by atoms with E-state index in [1.165, 1.54) is 4.90 Å². The van der Waals surface area contributed by atoms with Gasteiger partial charge in [-0.3, -0.25) is 0 Å². The highest BCUT2D eigenvalue weighted by Gasteiger charge is 2.32. The molecule has 0 bridgehead atoms. The number of rotatable bonds is 2.